The maximum absolute atomic E-state index is 13.2. The Balaban J connectivity index is 1.40. The topological polar surface area (TPSA) is 105 Å². The van der Waals surface area contributed by atoms with Crippen molar-refractivity contribution >= 4 is 46.1 Å². The number of amides is 2. The highest BCUT2D eigenvalue weighted by molar-refractivity contribution is 7.99. The van der Waals surface area contributed by atoms with Gasteiger partial charge in [-0.25, -0.2) is 19.0 Å². The van der Waals surface area contributed by atoms with Crippen molar-refractivity contribution in [3.63, 3.8) is 0 Å². The van der Waals surface area contributed by atoms with E-state index in [9.17, 15) is 14.0 Å². The molecule has 1 aliphatic rings. The van der Waals surface area contributed by atoms with Crippen LogP contribution in [0.2, 0.25) is 0 Å². The number of halogens is 1. The number of thioether (sulfide) groups is 1. The molecule has 1 fully saturated rings. The molecule has 0 aliphatic carbocycles. The number of benzene rings is 1. The van der Waals surface area contributed by atoms with Gasteiger partial charge in [0.15, 0.2) is 10.8 Å². The van der Waals surface area contributed by atoms with Crippen molar-refractivity contribution in [3.8, 4) is 0 Å². The molecule has 1 aliphatic heterocycles. The molecule has 3 aromatic rings. The Kier molecular flexibility index (Phi) is 7.84. The SMILES string of the molecule is CCCSc1nc(NC(C)C)c2cnn(CCNC(=O)C3CC(=O)N(c4ccc(F)cc4)C3)c2n1. The van der Waals surface area contributed by atoms with Gasteiger partial charge in [-0.05, 0) is 44.5 Å². The zero-order valence-electron chi connectivity index (χ0n) is 20.1. The van der Waals surface area contributed by atoms with Gasteiger partial charge in [-0.1, -0.05) is 18.7 Å². The van der Waals surface area contributed by atoms with Crippen LogP contribution in [0.4, 0.5) is 15.9 Å². The van der Waals surface area contributed by atoms with Gasteiger partial charge in [0, 0.05) is 37.0 Å². The molecular weight excluding hydrogens is 469 g/mol. The highest BCUT2D eigenvalue weighted by Gasteiger charge is 2.35. The predicted octanol–water partition coefficient (Wildman–Crippen LogP) is 3.46. The molecule has 4 rings (SSSR count). The lowest BCUT2D eigenvalue weighted by atomic mass is 10.1. The summed E-state index contributed by atoms with van der Waals surface area (Å²) in [5.41, 5.74) is 1.31. The third-order valence-electron chi connectivity index (χ3n) is 5.59. The molecule has 2 amide bonds. The van der Waals surface area contributed by atoms with E-state index in [1.807, 2.05) is 0 Å². The summed E-state index contributed by atoms with van der Waals surface area (Å²) in [5, 5.41) is 12.3. The first-order chi connectivity index (χ1) is 16.9. The Labute approximate surface area is 207 Å². The minimum atomic E-state index is -0.455. The van der Waals surface area contributed by atoms with E-state index < -0.39 is 5.92 Å². The van der Waals surface area contributed by atoms with Crippen LogP contribution in [-0.2, 0) is 16.1 Å². The van der Waals surface area contributed by atoms with Crippen LogP contribution in [0.1, 0.15) is 33.6 Å². The zero-order chi connectivity index (χ0) is 24.9. The minimum absolute atomic E-state index is 0.128. The van der Waals surface area contributed by atoms with E-state index in [-0.39, 0.29) is 36.6 Å². The summed E-state index contributed by atoms with van der Waals surface area (Å²) in [6.07, 6.45) is 2.89. The van der Waals surface area contributed by atoms with Gasteiger partial charge in [0.05, 0.1) is 24.0 Å². The van der Waals surface area contributed by atoms with Crippen molar-refractivity contribution in [1.29, 1.82) is 0 Å². The number of nitrogens with one attached hydrogen (secondary N) is 2. The number of nitrogens with zero attached hydrogens (tertiary/aromatic N) is 5. The number of carbonyl (C=O) groups excluding carboxylic acids is 2. The summed E-state index contributed by atoms with van der Waals surface area (Å²) >= 11 is 1.60. The summed E-state index contributed by atoms with van der Waals surface area (Å²) in [4.78, 5) is 36.0. The second kappa shape index (κ2) is 11.0. The summed E-state index contributed by atoms with van der Waals surface area (Å²) in [7, 11) is 0. The van der Waals surface area contributed by atoms with E-state index in [1.54, 1.807) is 34.8 Å². The van der Waals surface area contributed by atoms with E-state index in [1.165, 1.54) is 17.0 Å². The number of anilines is 2. The molecule has 1 aromatic carbocycles. The standard InChI is InChI=1S/C24H30FN7O2S/c1-4-11-35-24-29-21(28-15(2)3)19-13-27-32(22(19)30-24)10-9-26-23(34)16-12-20(33)31(14-16)18-7-5-17(25)6-8-18/h5-8,13,15-16H,4,9-12,14H2,1-3H3,(H,26,34)(H,28,29,30). The van der Waals surface area contributed by atoms with Crippen LogP contribution in [-0.4, -0.2) is 56.4 Å². The predicted molar refractivity (Wildman–Crippen MR) is 135 cm³/mol. The number of aromatic nitrogens is 4. The van der Waals surface area contributed by atoms with Gasteiger partial charge in [-0.3, -0.25) is 9.59 Å². The number of rotatable bonds is 10. The summed E-state index contributed by atoms with van der Waals surface area (Å²) in [6.45, 7) is 7.29. The summed E-state index contributed by atoms with van der Waals surface area (Å²) < 4.78 is 15.0. The Morgan fingerprint density at radius 1 is 1.26 bits per heavy atom. The van der Waals surface area contributed by atoms with Crippen molar-refractivity contribution in [3.05, 3.63) is 36.3 Å². The normalized spacial score (nSPS) is 15.9. The van der Waals surface area contributed by atoms with E-state index in [0.29, 0.717) is 23.9 Å². The van der Waals surface area contributed by atoms with Crippen LogP contribution in [0.3, 0.4) is 0 Å². The molecule has 3 heterocycles. The van der Waals surface area contributed by atoms with Crippen molar-refractivity contribution < 1.29 is 14.0 Å². The smallest absolute Gasteiger partial charge is 0.227 e. The van der Waals surface area contributed by atoms with Crippen LogP contribution >= 0.6 is 11.8 Å². The minimum Gasteiger partial charge on any atom is -0.367 e. The van der Waals surface area contributed by atoms with E-state index in [4.69, 9.17) is 4.98 Å². The molecule has 2 aromatic heterocycles. The van der Waals surface area contributed by atoms with Gasteiger partial charge < -0.3 is 15.5 Å². The largest absolute Gasteiger partial charge is 0.367 e. The molecule has 1 saturated heterocycles. The first-order valence-electron chi connectivity index (χ1n) is 11.8. The summed E-state index contributed by atoms with van der Waals surface area (Å²) in [5.74, 6) is 0.525. The number of carbonyl (C=O) groups is 2. The van der Waals surface area contributed by atoms with Gasteiger partial charge in [0.25, 0.3) is 0 Å². The molecule has 11 heteroatoms. The fourth-order valence-corrected chi connectivity index (χ4v) is 4.62. The quantitative estimate of drug-likeness (QED) is 0.325. The Hall–Kier alpha value is -3.21. The number of hydrogen-bond acceptors (Lipinski definition) is 7. The molecule has 0 spiro atoms. The van der Waals surface area contributed by atoms with Gasteiger partial charge in [0.2, 0.25) is 11.8 Å². The summed E-state index contributed by atoms with van der Waals surface area (Å²) in [6, 6.07) is 5.93. The highest BCUT2D eigenvalue weighted by Crippen LogP contribution is 2.26. The Morgan fingerprint density at radius 2 is 2.03 bits per heavy atom. The van der Waals surface area contributed by atoms with Crippen LogP contribution in [0.25, 0.3) is 11.0 Å². The molecule has 186 valence electrons. The van der Waals surface area contributed by atoms with Crippen LogP contribution in [0, 0.1) is 11.7 Å². The van der Waals surface area contributed by atoms with Gasteiger partial charge in [-0.2, -0.15) is 5.10 Å². The van der Waals surface area contributed by atoms with E-state index in [0.717, 1.165) is 29.0 Å². The third-order valence-corrected chi connectivity index (χ3v) is 6.65. The Morgan fingerprint density at radius 3 is 2.74 bits per heavy atom. The molecule has 35 heavy (non-hydrogen) atoms. The monoisotopic (exact) mass is 499 g/mol. The average molecular weight is 500 g/mol. The van der Waals surface area contributed by atoms with E-state index in [2.05, 4.69) is 41.5 Å². The van der Waals surface area contributed by atoms with Gasteiger partial charge in [0.1, 0.15) is 11.6 Å². The average Bonchev–Trinajstić information content (AvgIpc) is 3.41. The lowest BCUT2D eigenvalue weighted by Gasteiger charge is -2.16. The van der Waals surface area contributed by atoms with Gasteiger partial charge >= 0.3 is 0 Å². The number of fused-ring (bicyclic) bond motifs is 1. The molecule has 0 radical (unpaired) electrons. The zero-order valence-corrected chi connectivity index (χ0v) is 20.9. The van der Waals surface area contributed by atoms with Crippen molar-refractivity contribution in [2.45, 2.75) is 51.4 Å². The molecule has 1 atom stereocenters. The first kappa shape index (κ1) is 24.9. The van der Waals surface area contributed by atoms with Crippen molar-refractivity contribution in [2.24, 2.45) is 5.92 Å². The van der Waals surface area contributed by atoms with E-state index >= 15 is 0 Å². The lowest BCUT2D eigenvalue weighted by molar-refractivity contribution is -0.126. The molecule has 1 unspecified atom stereocenters. The van der Waals surface area contributed by atoms with Crippen molar-refractivity contribution in [1.82, 2.24) is 25.1 Å². The molecule has 0 saturated carbocycles. The maximum atomic E-state index is 13.2. The first-order valence-corrected chi connectivity index (χ1v) is 12.8. The fraction of sp³-hybridized carbons (Fsp3) is 0.458. The Bertz CT molecular complexity index is 1200. The lowest BCUT2D eigenvalue weighted by Crippen LogP contribution is -2.35. The fourth-order valence-electron chi connectivity index (χ4n) is 3.92. The molecule has 0 bridgehead atoms. The molecule has 9 nitrogen and oxygen atoms in total. The highest BCUT2D eigenvalue weighted by atomic mass is 32.2. The van der Waals surface area contributed by atoms with Crippen LogP contribution < -0.4 is 15.5 Å². The third kappa shape index (κ3) is 5.90. The second-order valence-electron chi connectivity index (χ2n) is 8.78. The number of hydrogen-bond donors (Lipinski definition) is 2. The van der Waals surface area contributed by atoms with Crippen molar-refractivity contribution in [2.75, 3.05) is 29.1 Å². The molecule has 2 N–H and O–H groups in total. The maximum Gasteiger partial charge on any atom is 0.227 e. The second-order valence-corrected chi connectivity index (χ2v) is 9.84. The molecular formula is C24H30FN7O2S. The van der Waals surface area contributed by atoms with Crippen LogP contribution in [0.5, 0.6) is 0 Å². The van der Waals surface area contributed by atoms with Gasteiger partial charge in [-0.15, -0.1) is 0 Å². The van der Waals surface area contributed by atoms with Crippen LogP contribution in [0.15, 0.2) is 35.6 Å².